The number of nitrogens with zero attached hydrogens (tertiary/aromatic N) is 2. The van der Waals surface area contributed by atoms with Crippen LogP contribution in [0.5, 0.6) is 11.6 Å². The SMILES string of the molecule is O=C1C=C2CCN(S(=O)(=O)c3ccc(Oc4ccccc4)nc3)CC2(Cc2ccccc2)CC1. The molecule has 174 valence electrons. The maximum Gasteiger partial charge on any atom is 0.244 e. The molecule has 1 aliphatic heterocycles. The topological polar surface area (TPSA) is 76.6 Å². The molecule has 7 heteroatoms. The predicted octanol–water partition coefficient (Wildman–Crippen LogP) is 4.79. The summed E-state index contributed by atoms with van der Waals surface area (Å²) in [5.41, 5.74) is 1.85. The number of piperidine rings is 1. The van der Waals surface area contributed by atoms with Gasteiger partial charge >= 0.3 is 0 Å². The Morgan fingerprint density at radius 2 is 1.68 bits per heavy atom. The minimum absolute atomic E-state index is 0.133. The van der Waals surface area contributed by atoms with Crippen LogP contribution in [0.3, 0.4) is 0 Å². The van der Waals surface area contributed by atoms with Gasteiger partial charge in [-0.2, -0.15) is 4.31 Å². The van der Waals surface area contributed by atoms with E-state index in [0.717, 1.165) is 11.1 Å². The van der Waals surface area contributed by atoms with Crippen molar-refractivity contribution >= 4 is 15.8 Å². The zero-order chi connectivity index (χ0) is 23.6. The van der Waals surface area contributed by atoms with Gasteiger partial charge in [-0.1, -0.05) is 54.1 Å². The van der Waals surface area contributed by atoms with E-state index >= 15 is 0 Å². The van der Waals surface area contributed by atoms with Gasteiger partial charge in [-0.15, -0.1) is 0 Å². The number of ketones is 1. The zero-order valence-corrected chi connectivity index (χ0v) is 19.6. The van der Waals surface area contributed by atoms with Crippen LogP contribution in [0, 0.1) is 5.41 Å². The molecule has 1 unspecified atom stereocenters. The summed E-state index contributed by atoms with van der Waals surface area (Å²) in [4.78, 5) is 16.5. The summed E-state index contributed by atoms with van der Waals surface area (Å²) >= 11 is 0. The van der Waals surface area contributed by atoms with Gasteiger partial charge in [-0.05, 0) is 49.1 Å². The largest absolute Gasteiger partial charge is 0.439 e. The van der Waals surface area contributed by atoms with Gasteiger partial charge in [0.2, 0.25) is 15.9 Å². The average Bonchev–Trinajstić information content (AvgIpc) is 2.85. The second kappa shape index (κ2) is 9.16. The number of rotatable bonds is 6. The Kier molecular flexibility index (Phi) is 6.06. The summed E-state index contributed by atoms with van der Waals surface area (Å²) in [6.45, 7) is 0.700. The maximum atomic E-state index is 13.5. The van der Waals surface area contributed by atoms with Gasteiger partial charge in [0.05, 0.1) is 6.20 Å². The van der Waals surface area contributed by atoms with E-state index in [1.807, 2.05) is 48.5 Å². The molecule has 1 atom stereocenters. The molecule has 0 radical (unpaired) electrons. The molecule has 0 N–H and O–H groups in total. The van der Waals surface area contributed by atoms with Crippen molar-refractivity contribution in [1.29, 1.82) is 0 Å². The molecule has 1 aliphatic carbocycles. The van der Waals surface area contributed by atoms with E-state index in [-0.39, 0.29) is 16.1 Å². The normalized spacial score (nSPS) is 20.9. The maximum absolute atomic E-state index is 13.5. The summed E-state index contributed by atoms with van der Waals surface area (Å²) in [7, 11) is -3.74. The lowest BCUT2D eigenvalue weighted by Gasteiger charge is -2.46. The summed E-state index contributed by atoms with van der Waals surface area (Å²) in [5, 5.41) is 0. The highest BCUT2D eigenvalue weighted by Gasteiger charge is 2.45. The fraction of sp³-hybridized carbons (Fsp3) is 0.259. The summed E-state index contributed by atoms with van der Waals surface area (Å²) in [6.07, 6.45) is 5.47. The molecule has 0 bridgehead atoms. The first-order valence-corrected chi connectivity index (χ1v) is 12.9. The third-order valence-electron chi connectivity index (χ3n) is 6.67. The number of benzene rings is 2. The number of sulfonamides is 1. The van der Waals surface area contributed by atoms with Crippen molar-refractivity contribution in [3.8, 4) is 11.6 Å². The van der Waals surface area contributed by atoms with Gasteiger partial charge in [0.1, 0.15) is 10.6 Å². The molecule has 2 heterocycles. The number of carbonyl (C=O) groups is 1. The number of carbonyl (C=O) groups excluding carboxylic acids is 1. The first-order chi connectivity index (χ1) is 16.4. The number of fused-ring (bicyclic) bond motifs is 1. The van der Waals surface area contributed by atoms with E-state index in [1.165, 1.54) is 6.20 Å². The first-order valence-electron chi connectivity index (χ1n) is 11.4. The average molecular weight is 475 g/mol. The van der Waals surface area contributed by atoms with Crippen LogP contribution in [0.25, 0.3) is 0 Å². The van der Waals surface area contributed by atoms with Crippen molar-refractivity contribution in [3.63, 3.8) is 0 Å². The van der Waals surface area contributed by atoms with Gasteiger partial charge in [0.25, 0.3) is 0 Å². The Hall–Kier alpha value is -3.29. The lowest BCUT2D eigenvalue weighted by atomic mass is 9.66. The molecule has 0 spiro atoms. The second-order valence-electron chi connectivity index (χ2n) is 8.91. The Bertz CT molecular complexity index is 1310. The van der Waals surface area contributed by atoms with E-state index < -0.39 is 10.0 Å². The Morgan fingerprint density at radius 1 is 0.941 bits per heavy atom. The van der Waals surface area contributed by atoms with Crippen molar-refractivity contribution in [2.75, 3.05) is 13.1 Å². The Morgan fingerprint density at radius 3 is 2.38 bits per heavy atom. The minimum Gasteiger partial charge on any atom is -0.439 e. The molecule has 2 aliphatic rings. The number of hydrogen-bond donors (Lipinski definition) is 0. The van der Waals surface area contributed by atoms with E-state index in [1.54, 1.807) is 22.5 Å². The van der Waals surface area contributed by atoms with E-state index in [2.05, 4.69) is 17.1 Å². The monoisotopic (exact) mass is 474 g/mol. The summed E-state index contributed by atoms with van der Waals surface area (Å²) in [5.74, 6) is 1.10. The van der Waals surface area contributed by atoms with Crippen LogP contribution in [0.15, 0.2) is 95.5 Å². The zero-order valence-electron chi connectivity index (χ0n) is 18.8. The van der Waals surface area contributed by atoms with Crippen molar-refractivity contribution in [2.45, 2.75) is 30.6 Å². The van der Waals surface area contributed by atoms with E-state index in [0.29, 0.717) is 50.4 Å². The number of hydrogen-bond acceptors (Lipinski definition) is 5. The van der Waals surface area contributed by atoms with Gasteiger partial charge < -0.3 is 4.74 Å². The third kappa shape index (κ3) is 4.54. The predicted molar refractivity (Wildman–Crippen MR) is 129 cm³/mol. The molecule has 0 amide bonds. The van der Waals surface area contributed by atoms with Gasteiger partial charge in [0.15, 0.2) is 5.78 Å². The van der Waals surface area contributed by atoms with Crippen LogP contribution in [0.2, 0.25) is 0 Å². The molecule has 1 aromatic heterocycles. The Labute approximate surface area is 200 Å². The molecular formula is C27H26N2O4S. The number of aromatic nitrogens is 1. The molecule has 6 nitrogen and oxygen atoms in total. The lowest BCUT2D eigenvalue weighted by molar-refractivity contribution is -0.116. The van der Waals surface area contributed by atoms with Crippen molar-refractivity contribution in [3.05, 3.63) is 96.2 Å². The highest BCUT2D eigenvalue weighted by molar-refractivity contribution is 7.89. The van der Waals surface area contributed by atoms with Crippen molar-refractivity contribution in [1.82, 2.24) is 9.29 Å². The molecule has 34 heavy (non-hydrogen) atoms. The van der Waals surface area contributed by atoms with Crippen LogP contribution < -0.4 is 4.74 Å². The lowest BCUT2D eigenvalue weighted by Crippen LogP contribution is -2.49. The van der Waals surface area contributed by atoms with Crippen LogP contribution in [-0.2, 0) is 21.2 Å². The van der Waals surface area contributed by atoms with E-state index in [4.69, 9.17) is 4.74 Å². The highest BCUT2D eigenvalue weighted by atomic mass is 32.2. The molecule has 0 saturated carbocycles. The van der Waals surface area contributed by atoms with Gasteiger partial charge in [-0.25, -0.2) is 13.4 Å². The molecule has 3 aromatic rings. The number of para-hydroxylation sites is 1. The number of allylic oxidation sites excluding steroid dienone is 1. The standard InChI is InChI=1S/C27H26N2O4S/c30-23-13-15-27(18-21-7-3-1-4-8-21)20-29(16-14-22(27)17-23)34(31,32)25-11-12-26(28-19-25)33-24-9-5-2-6-10-24/h1-12,17,19H,13-16,18,20H2. The van der Waals surface area contributed by atoms with Gasteiger partial charge in [-0.3, -0.25) is 4.79 Å². The fourth-order valence-electron chi connectivity index (χ4n) is 4.91. The Balaban J connectivity index is 1.39. The van der Waals surface area contributed by atoms with Crippen molar-refractivity contribution < 1.29 is 17.9 Å². The quantitative estimate of drug-likeness (QED) is 0.514. The third-order valence-corrected chi connectivity index (χ3v) is 8.50. The highest BCUT2D eigenvalue weighted by Crippen LogP contribution is 2.46. The number of pyridine rings is 1. The molecule has 2 aromatic carbocycles. The van der Waals surface area contributed by atoms with Crippen molar-refractivity contribution in [2.24, 2.45) is 5.41 Å². The molecule has 1 saturated heterocycles. The first kappa shape index (κ1) is 22.5. The van der Waals surface area contributed by atoms with E-state index in [9.17, 15) is 13.2 Å². The molecule has 1 fully saturated rings. The van der Waals surface area contributed by atoms with Gasteiger partial charge in [0, 0.05) is 31.0 Å². The molecule has 5 rings (SSSR count). The van der Waals surface area contributed by atoms with Crippen LogP contribution in [0.4, 0.5) is 0 Å². The summed E-state index contributed by atoms with van der Waals surface area (Å²) < 4.78 is 34.3. The number of ether oxygens (including phenoxy) is 1. The minimum atomic E-state index is -3.74. The second-order valence-corrected chi connectivity index (χ2v) is 10.9. The van der Waals surface area contributed by atoms with Crippen LogP contribution in [0.1, 0.15) is 24.8 Å². The smallest absolute Gasteiger partial charge is 0.244 e. The summed E-state index contributed by atoms with van der Waals surface area (Å²) in [6, 6.07) is 22.4. The fourth-order valence-corrected chi connectivity index (χ4v) is 6.38. The van der Waals surface area contributed by atoms with Crippen LogP contribution in [-0.4, -0.2) is 36.6 Å². The van der Waals surface area contributed by atoms with Crippen LogP contribution >= 0.6 is 0 Å². The molecular weight excluding hydrogens is 448 g/mol.